The fraction of sp³-hybridized carbons (Fsp3) is 0.253. The first-order valence-corrected chi connectivity index (χ1v) is 28.6. The average molecular weight is 1080 g/mol. The Labute approximate surface area is 482 Å². The van der Waals surface area contributed by atoms with Crippen molar-refractivity contribution in [2.75, 3.05) is 33.0 Å². The Balaban J connectivity index is 0.000000237. The van der Waals surface area contributed by atoms with Gasteiger partial charge >= 0.3 is 0 Å². The minimum atomic E-state index is -0.796. The molecule has 81 heavy (non-hydrogen) atoms. The number of rotatable bonds is 25. The molecule has 0 bridgehead atoms. The maximum atomic E-state index is 11.4. The highest BCUT2D eigenvalue weighted by Crippen LogP contribution is 2.44. The smallest absolute Gasteiger partial charge is 0.127 e. The molecule has 2 N–H and O–H groups in total. The Morgan fingerprint density at radius 3 is 1.04 bits per heavy atom. The van der Waals surface area contributed by atoms with Crippen molar-refractivity contribution >= 4 is 0 Å². The molecule has 9 aromatic carbocycles. The van der Waals surface area contributed by atoms with E-state index in [1.165, 1.54) is 44.5 Å². The number of aliphatic hydroxyl groups is 1. The van der Waals surface area contributed by atoms with Crippen LogP contribution in [0.4, 0.5) is 0 Å². The van der Waals surface area contributed by atoms with E-state index in [4.69, 9.17) is 18.9 Å². The summed E-state index contributed by atoms with van der Waals surface area (Å²) >= 11 is 0. The molecule has 0 aliphatic rings. The SMILES string of the molecule is C=CCOCC(O)COC(COc1ccccc1)COc1c(C(C)c2ccccc2)cc(C(C)c2ccccc2)cc1C(C)c1ccccc1.CC(c1ccccc1)c1cc(C(C)c2ccccc2)c(O)c(C(C)c2ccccc2)c1. The van der Waals surface area contributed by atoms with Crippen LogP contribution >= 0.6 is 0 Å². The highest BCUT2D eigenvalue weighted by atomic mass is 16.6. The van der Waals surface area contributed by atoms with Gasteiger partial charge in [-0.3, -0.25) is 0 Å². The molecular weight excluding hydrogens is 997 g/mol. The first kappa shape index (κ1) is 59.1. The highest BCUT2D eigenvalue weighted by molar-refractivity contribution is 5.56. The average Bonchev–Trinajstić information content (AvgIpc) is 3.59. The predicted octanol–water partition coefficient (Wildman–Crippen LogP) is 17.4. The Hall–Kier alpha value is -8.00. The lowest BCUT2D eigenvalue weighted by Gasteiger charge is -2.28. The molecule has 0 aliphatic heterocycles. The van der Waals surface area contributed by atoms with Crippen molar-refractivity contribution in [1.29, 1.82) is 0 Å². The Morgan fingerprint density at radius 2 is 0.679 bits per heavy atom. The number of para-hydroxylation sites is 1. The monoisotopic (exact) mass is 1080 g/mol. The Kier molecular flexibility index (Phi) is 21.9. The van der Waals surface area contributed by atoms with Crippen LogP contribution in [0.1, 0.15) is 144 Å². The first-order valence-electron chi connectivity index (χ1n) is 28.6. The summed E-state index contributed by atoms with van der Waals surface area (Å²) in [7, 11) is 0. The van der Waals surface area contributed by atoms with E-state index in [1.54, 1.807) is 6.08 Å². The van der Waals surface area contributed by atoms with E-state index < -0.39 is 12.2 Å². The molecule has 0 radical (unpaired) electrons. The van der Waals surface area contributed by atoms with Gasteiger partial charge in [0.1, 0.15) is 42.7 Å². The van der Waals surface area contributed by atoms with Gasteiger partial charge in [0, 0.05) is 57.8 Å². The number of ether oxygens (including phenoxy) is 4. The molecule has 6 heteroatoms. The second kappa shape index (κ2) is 30.0. The van der Waals surface area contributed by atoms with Crippen LogP contribution in [-0.4, -0.2) is 55.5 Å². The molecule has 9 rings (SSSR count). The van der Waals surface area contributed by atoms with Gasteiger partial charge in [-0.1, -0.05) is 272 Å². The van der Waals surface area contributed by atoms with Gasteiger partial charge in [0.25, 0.3) is 0 Å². The van der Waals surface area contributed by atoms with Gasteiger partial charge in [-0.25, -0.2) is 0 Å². The maximum Gasteiger partial charge on any atom is 0.127 e. The van der Waals surface area contributed by atoms with Crippen molar-refractivity contribution in [3.8, 4) is 17.2 Å². The molecule has 0 fully saturated rings. The van der Waals surface area contributed by atoms with E-state index in [-0.39, 0.29) is 61.9 Å². The largest absolute Gasteiger partial charge is 0.507 e. The van der Waals surface area contributed by atoms with Crippen LogP contribution in [0.5, 0.6) is 17.2 Å². The molecule has 6 nitrogen and oxygen atoms in total. The lowest BCUT2D eigenvalue weighted by atomic mass is 9.81. The zero-order valence-electron chi connectivity index (χ0n) is 48.0. The lowest BCUT2D eigenvalue weighted by molar-refractivity contribution is -0.0638. The van der Waals surface area contributed by atoms with Crippen molar-refractivity contribution in [3.63, 3.8) is 0 Å². The van der Waals surface area contributed by atoms with E-state index in [0.29, 0.717) is 12.4 Å². The minimum Gasteiger partial charge on any atom is -0.507 e. The number of hydrogen-bond donors (Lipinski definition) is 2. The van der Waals surface area contributed by atoms with Gasteiger partial charge in [0.15, 0.2) is 0 Å². The number of phenols is 1. The third-order valence-corrected chi connectivity index (χ3v) is 15.7. The summed E-state index contributed by atoms with van der Waals surface area (Å²) in [5, 5.41) is 22.0. The molecule has 8 unspecified atom stereocenters. The van der Waals surface area contributed by atoms with E-state index >= 15 is 0 Å². The second-order valence-electron chi connectivity index (χ2n) is 21.2. The number of aromatic hydroxyl groups is 1. The van der Waals surface area contributed by atoms with E-state index in [9.17, 15) is 10.2 Å². The van der Waals surface area contributed by atoms with E-state index in [0.717, 1.165) is 33.8 Å². The number of aliphatic hydroxyl groups excluding tert-OH is 1. The molecular formula is C75H80O6. The molecule has 416 valence electrons. The Bertz CT molecular complexity index is 3130. The van der Waals surface area contributed by atoms with Gasteiger partial charge in [0.05, 0.1) is 19.8 Å². The van der Waals surface area contributed by atoms with Crippen LogP contribution in [0.25, 0.3) is 0 Å². The van der Waals surface area contributed by atoms with Crippen molar-refractivity contribution < 1.29 is 29.2 Å². The molecule has 0 amide bonds. The molecule has 0 aromatic heterocycles. The Morgan fingerprint density at radius 1 is 0.370 bits per heavy atom. The summed E-state index contributed by atoms with van der Waals surface area (Å²) in [6.07, 6.45) is 0.397. The first-order chi connectivity index (χ1) is 39.5. The number of benzene rings is 9. The summed E-state index contributed by atoms with van der Waals surface area (Å²) in [4.78, 5) is 0. The molecule has 0 aliphatic carbocycles. The molecule has 0 spiro atoms. The van der Waals surface area contributed by atoms with Crippen LogP contribution in [0, 0.1) is 0 Å². The van der Waals surface area contributed by atoms with Gasteiger partial charge in [0.2, 0.25) is 0 Å². The normalized spacial score (nSPS) is 14.2. The minimum absolute atomic E-state index is 0.0552. The van der Waals surface area contributed by atoms with Gasteiger partial charge < -0.3 is 29.2 Å². The fourth-order valence-corrected chi connectivity index (χ4v) is 10.5. The zero-order chi connectivity index (χ0) is 56.9. The third kappa shape index (κ3) is 16.1. The van der Waals surface area contributed by atoms with Crippen molar-refractivity contribution in [2.45, 2.75) is 89.3 Å². The fourth-order valence-electron chi connectivity index (χ4n) is 10.5. The van der Waals surface area contributed by atoms with Crippen molar-refractivity contribution in [3.05, 3.63) is 316 Å². The molecule has 0 saturated carbocycles. The van der Waals surface area contributed by atoms with Crippen LogP contribution in [-0.2, 0) is 9.47 Å². The van der Waals surface area contributed by atoms with Crippen LogP contribution in [0.2, 0.25) is 0 Å². The summed E-state index contributed by atoms with van der Waals surface area (Å²) in [5.74, 6) is 2.74. The summed E-state index contributed by atoms with van der Waals surface area (Å²) in [6, 6.07) is 82.0. The van der Waals surface area contributed by atoms with Crippen LogP contribution in [0.3, 0.4) is 0 Å². The predicted molar refractivity (Wildman–Crippen MR) is 332 cm³/mol. The maximum absolute atomic E-state index is 11.4. The number of hydrogen-bond acceptors (Lipinski definition) is 6. The number of phenolic OH excluding ortho intramolecular Hbond substituents is 1. The molecule has 0 heterocycles. The topological polar surface area (TPSA) is 77.4 Å². The van der Waals surface area contributed by atoms with Gasteiger partial charge in [-0.2, -0.15) is 0 Å². The lowest BCUT2D eigenvalue weighted by Crippen LogP contribution is -2.33. The molecule has 8 atom stereocenters. The summed E-state index contributed by atoms with van der Waals surface area (Å²) < 4.78 is 24.8. The highest BCUT2D eigenvalue weighted by Gasteiger charge is 2.27. The third-order valence-electron chi connectivity index (χ3n) is 15.7. The van der Waals surface area contributed by atoms with E-state index in [1.807, 2.05) is 42.5 Å². The van der Waals surface area contributed by atoms with Gasteiger partial charge in [-0.15, -0.1) is 6.58 Å². The van der Waals surface area contributed by atoms with E-state index in [2.05, 4.69) is 242 Å². The van der Waals surface area contributed by atoms with Gasteiger partial charge in [-0.05, 0) is 56.6 Å². The zero-order valence-corrected chi connectivity index (χ0v) is 48.0. The molecule has 0 saturated heterocycles. The second-order valence-corrected chi connectivity index (χ2v) is 21.2. The summed E-state index contributed by atoms with van der Waals surface area (Å²) in [6.45, 7) is 18.1. The molecule has 9 aromatic rings. The van der Waals surface area contributed by atoms with Crippen molar-refractivity contribution in [1.82, 2.24) is 0 Å². The quantitative estimate of drug-likeness (QED) is 0.0439. The van der Waals surface area contributed by atoms with Crippen LogP contribution < -0.4 is 9.47 Å². The van der Waals surface area contributed by atoms with Crippen molar-refractivity contribution in [2.24, 2.45) is 0 Å². The van der Waals surface area contributed by atoms with Crippen LogP contribution in [0.15, 0.2) is 249 Å². The summed E-state index contributed by atoms with van der Waals surface area (Å²) in [5.41, 5.74) is 14.1. The standard InChI is InChI=1S/C45H50O5.C30H30O/c1-5-26-47-29-40(46)30-48-42(31-49-41-24-16-9-17-25-41)32-50-45-43(34(3)37-20-12-7-13-21-37)27-39(33(2)36-18-10-6-11-19-36)28-44(45)35(4)38-22-14-8-15-23-38;1-21(24-13-7-4-8-14-24)27-19-28(22(2)25-15-9-5-10-16-25)30(31)29(20-27)23(3)26-17-11-6-12-18-26/h5-25,27-28,33-35,40,42,46H,1,26,29-32H2,2-4H3;4-23,31H,1-3H3.